The van der Waals surface area contributed by atoms with Gasteiger partial charge in [0.15, 0.2) is 5.69 Å². The van der Waals surface area contributed by atoms with Crippen molar-refractivity contribution >= 4 is 11.9 Å². The average molecular weight is 505 g/mol. The first kappa shape index (κ1) is 25.4. The number of hydrogen-bond donors (Lipinski definition) is 2. The van der Waals surface area contributed by atoms with Crippen molar-refractivity contribution in [3.05, 3.63) is 88.6 Å². The number of nitrogens with one attached hydrogen (secondary N) is 1. The summed E-state index contributed by atoms with van der Waals surface area (Å²) in [6.07, 6.45) is -5.08. The second kappa shape index (κ2) is 10.1. The Kier molecular flexibility index (Phi) is 7.11. The number of amides is 1. The molecule has 2 aromatic carbocycles. The van der Waals surface area contributed by atoms with E-state index in [4.69, 9.17) is 14.4 Å². The number of carbonyl (C=O) groups excluding carboxylic acids is 1. The fraction of sp³-hybridized carbons (Fsp3) is 0.320. The molecule has 1 saturated heterocycles. The van der Waals surface area contributed by atoms with Gasteiger partial charge in [0.2, 0.25) is 0 Å². The SMILES string of the molecule is Cc1cc(C(=O)N[C@@H]2c3ccccc3[C@@H]3CN(Cc4cccc(F)c4)C[C@H]23)no1.O=C(O)C(F)(F)F. The number of fused-ring (bicyclic) bond motifs is 3. The Labute approximate surface area is 203 Å². The van der Waals surface area contributed by atoms with Gasteiger partial charge >= 0.3 is 12.1 Å². The number of likely N-dealkylation sites (tertiary alicyclic amines) is 1. The Balaban J connectivity index is 0.000000384. The Morgan fingerprint density at radius 2 is 1.81 bits per heavy atom. The molecule has 2 heterocycles. The third-order valence-electron chi connectivity index (χ3n) is 6.28. The summed E-state index contributed by atoms with van der Waals surface area (Å²) in [5.41, 5.74) is 3.75. The van der Waals surface area contributed by atoms with Gasteiger partial charge in [0.25, 0.3) is 5.91 Å². The highest BCUT2D eigenvalue weighted by Gasteiger charge is 2.46. The van der Waals surface area contributed by atoms with E-state index in [1.165, 1.54) is 17.2 Å². The number of hydrogen-bond acceptors (Lipinski definition) is 5. The first-order chi connectivity index (χ1) is 17.0. The lowest BCUT2D eigenvalue weighted by Gasteiger charge is -2.22. The Morgan fingerprint density at radius 3 is 2.42 bits per heavy atom. The van der Waals surface area contributed by atoms with Crippen molar-refractivity contribution in [3.8, 4) is 0 Å². The molecule has 11 heteroatoms. The minimum Gasteiger partial charge on any atom is -0.475 e. The minimum absolute atomic E-state index is 0.0711. The molecule has 3 atom stereocenters. The lowest BCUT2D eigenvalue weighted by atomic mass is 9.94. The van der Waals surface area contributed by atoms with Crippen LogP contribution >= 0.6 is 0 Å². The van der Waals surface area contributed by atoms with E-state index in [1.807, 2.05) is 12.1 Å². The van der Waals surface area contributed by atoms with Gasteiger partial charge in [0, 0.05) is 37.5 Å². The number of halogens is 4. The molecule has 0 radical (unpaired) electrons. The number of benzene rings is 2. The fourth-order valence-corrected chi connectivity index (χ4v) is 4.84. The van der Waals surface area contributed by atoms with Crippen LogP contribution in [0.4, 0.5) is 17.6 Å². The largest absolute Gasteiger partial charge is 0.490 e. The van der Waals surface area contributed by atoms with Crippen LogP contribution in [0, 0.1) is 18.7 Å². The average Bonchev–Trinajstić information content (AvgIpc) is 3.49. The maximum atomic E-state index is 13.6. The van der Waals surface area contributed by atoms with Crippen molar-refractivity contribution in [2.75, 3.05) is 13.1 Å². The van der Waals surface area contributed by atoms with Crippen molar-refractivity contribution in [2.45, 2.75) is 31.6 Å². The van der Waals surface area contributed by atoms with Gasteiger partial charge < -0.3 is 14.9 Å². The molecule has 0 saturated carbocycles. The number of aromatic nitrogens is 1. The number of rotatable bonds is 4. The van der Waals surface area contributed by atoms with E-state index in [2.05, 4.69) is 33.6 Å². The monoisotopic (exact) mass is 505 g/mol. The first-order valence-corrected chi connectivity index (χ1v) is 11.1. The van der Waals surface area contributed by atoms with E-state index in [1.54, 1.807) is 25.1 Å². The van der Waals surface area contributed by atoms with Crippen LogP contribution in [0.1, 0.15) is 44.9 Å². The number of aliphatic carboxylic acids is 1. The van der Waals surface area contributed by atoms with Gasteiger partial charge in [-0.2, -0.15) is 13.2 Å². The zero-order chi connectivity index (χ0) is 26.0. The van der Waals surface area contributed by atoms with E-state index in [9.17, 15) is 22.4 Å². The zero-order valence-electron chi connectivity index (χ0n) is 19.1. The third kappa shape index (κ3) is 5.56. The molecule has 190 valence electrons. The molecular weight excluding hydrogens is 482 g/mol. The lowest BCUT2D eigenvalue weighted by Crippen LogP contribution is -2.33. The van der Waals surface area contributed by atoms with Crippen molar-refractivity contribution in [1.82, 2.24) is 15.4 Å². The van der Waals surface area contributed by atoms with Crippen molar-refractivity contribution in [2.24, 2.45) is 5.92 Å². The maximum Gasteiger partial charge on any atom is 0.490 e. The molecule has 2 aliphatic rings. The molecule has 1 aliphatic heterocycles. The number of carbonyl (C=O) groups is 2. The normalized spacial score (nSPS) is 20.8. The van der Waals surface area contributed by atoms with Crippen LogP contribution in [0.3, 0.4) is 0 Å². The molecule has 7 nitrogen and oxygen atoms in total. The number of carboxylic acid groups (broad SMARTS) is 1. The first-order valence-electron chi connectivity index (χ1n) is 11.1. The summed E-state index contributed by atoms with van der Waals surface area (Å²) >= 11 is 0. The predicted molar refractivity (Wildman–Crippen MR) is 119 cm³/mol. The topological polar surface area (TPSA) is 95.7 Å². The summed E-state index contributed by atoms with van der Waals surface area (Å²) in [6, 6.07) is 16.7. The van der Waals surface area contributed by atoms with E-state index >= 15 is 0 Å². The molecule has 5 rings (SSSR count). The van der Waals surface area contributed by atoms with Crippen LogP contribution in [0.15, 0.2) is 59.1 Å². The molecule has 0 bridgehead atoms. The van der Waals surface area contributed by atoms with Crippen molar-refractivity contribution in [3.63, 3.8) is 0 Å². The molecule has 3 aromatic rings. The quantitative estimate of drug-likeness (QED) is 0.509. The van der Waals surface area contributed by atoms with Gasteiger partial charge in [0.05, 0.1) is 6.04 Å². The highest BCUT2D eigenvalue weighted by Crippen LogP contribution is 2.49. The van der Waals surface area contributed by atoms with E-state index < -0.39 is 12.1 Å². The number of aryl methyl sites for hydroxylation is 1. The lowest BCUT2D eigenvalue weighted by molar-refractivity contribution is -0.192. The Hall–Kier alpha value is -3.73. The van der Waals surface area contributed by atoms with E-state index in [0.717, 1.165) is 18.7 Å². The van der Waals surface area contributed by atoms with Gasteiger partial charge in [-0.15, -0.1) is 0 Å². The van der Waals surface area contributed by atoms with Crippen LogP contribution in [0.5, 0.6) is 0 Å². The molecule has 1 amide bonds. The van der Waals surface area contributed by atoms with E-state index in [-0.39, 0.29) is 23.7 Å². The van der Waals surface area contributed by atoms with Crippen LogP contribution in [0.2, 0.25) is 0 Å². The van der Waals surface area contributed by atoms with Gasteiger partial charge in [0.1, 0.15) is 11.6 Å². The van der Waals surface area contributed by atoms with Crippen LogP contribution in [-0.4, -0.2) is 46.3 Å². The van der Waals surface area contributed by atoms with Gasteiger partial charge in [-0.3, -0.25) is 9.69 Å². The molecule has 1 aliphatic carbocycles. The summed E-state index contributed by atoms with van der Waals surface area (Å²) in [4.78, 5) is 24.0. The highest BCUT2D eigenvalue weighted by atomic mass is 19.4. The standard InChI is InChI=1S/C23H22FN3O2.C2HF3O2/c1-14-9-21(26-29-14)23(28)25-22-18-8-3-2-7-17(18)19-12-27(13-20(19)22)11-15-5-4-6-16(24)10-15;3-2(4,5)1(6)7/h2-10,19-20,22H,11-13H2,1H3,(H,25,28);(H,6,7)/t19-,20-,22+;/m0./s1. The van der Waals surface area contributed by atoms with Gasteiger partial charge in [-0.1, -0.05) is 41.6 Å². The predicted octanol–water partition coefficient (Wildman–Crippen LogP) is 4.46. The van der Waals surface area contributed by atoms with Crippen LogP contribution in [-0.2, 0) is 11.3 Å². The summed E-state index contributed by atoms with van der Waals surface area (Å²) in [6.45, 7) is 4.22. The smallest absolute Gasteiger partial charge is 0.475 e. The molecule has 1 aromatic heterocycles. The van der Waals surface area contributed by atoms with Gasteiger partial charge in [-0.25, -0.2) is 9.18 Å². The number of alkyl halides is 3. The molecule has 0 unspecified atom stereocenters. The Morgan fingerprint density at radius 1 is 1.11 bits per heavy atom. The molecular formula is C25H23F4N3O4. The summed E-state index contributed by atoms with van der Waals surface area (Å²) in [7, 11) is 0. The molecule has 36 heavy (non-hydrogen) atoms. The van der Waals surface area contributed by atoms with Crippen LogP contribution in [0.25, 0.3) is 0 Å². The summed E-state index contributed by atoms with van der Waals surface area (Å²) in [5, 5.41) is 14.2. The van der Waals surface area contributed by atoms with E-state index in [0.29, 0.717) is 23.9 Å². The molecule has 2 N–H and O–H groups in total. The number of nitrogens with zero attached hydrogens (tertiary/aromatic N) is 2. The summed E-state index contributed by atoms with van der Waals surface area (Å²) < 4.78 is 50.3. The van der Waals surface area contributed by atoms with Crippen molar-refractivity contribution in [1.29, 1.82) is 0 Å². The molecule has 1 fully saturated rings. The van der Waals surface area contributed by atoms with Crippen molar-refractivity contribution < 1.29 is 36.8 Å². The minimum atomic E-state index is -5.08. The second-order valence-electron chi connectivity index (χ2n) is 8.80. The van der Waals surface area contributed by atoms with Gasteiger partial charge in [-0.05, 0) is 35.7 Å². The maximum absolute atomic E-state index is 13.6. The second-order valence-corrected chi connectivity index (χ2v) is 8.80. The fourth-order valence-electron chi connectivity index (χ4n) is 4.84. The molecule has 0 spiro atoms. The highest BCUT2D eigenvalue weighted by molar-refractivity contribution is 5.92. The zero-order valence-corrected chi connectivity index (χ0v) is 19.1. The third-order valence-corrected chi connectivity index (χ3v) is 6.28. The number of carboxylic acids is 1. The van der Waals surface area contributed by atoms with Crippen LogP contribution < -0.4 is 5.32 Å². The Bertz CT molecular complexity index is 1260. The summed E-state index contributed by atoms with van der Waals surface area (Å²) in [5.74, 6) is -1.94.